The summed E-state index contributed by atoms with van der Waals surface area (Å²) in [5.41, 5.74) is 0.198. The molecule has 0 bridgehead atoms. The molecule has 0 heterocycles. The smallest absolute Gasteiger partial charge is 0.00102 e. The molecule has 0 aromatic heterocycles. The highest BCUT2D eigenvalue weighted by Gasteiger charge is 2.22. The third-order valence-electron chi connectivity index (χ3n) is 2.01. The molecule has 0 fully saturated rings. The van der Waals surface area contributed by atoms with Gasteiger partial charge in [-0.05, 0) is 23.7 Å². The van der Waals surface area contributed by atoms with Crippen molar-refractivity contribution in [3.8, 4) is 0 Å². The standard InChI is InChI=1S/C11H22S/c1-8(2)7-9(3)10(12)11(4,5)6/h8-9H,7H2,1-6H3/t9-/m1/s1. The molecular formula is C11H22S. The van der Waals surface area contributed by atoms with Crippen molar-refractivity contribution in [2.45, 2.75) is 48.0 Å². The first-order valence-electron chi connectivity index (χ1n) is 4.79. The molecule has 0 saturated carbocycles. The Morgan fingerprint density at radius 1 is 1.17 bits per heavy atom. The molecule has 0 N–H and O–H groups in total. The first kappa shape index (κ1) is 12.1. The van der Waals surface area contributed by atoms with Crippen LogP contribution in [-0.4, -0.2) is 4.86 Å². The molecule has 0 rings (SSSR count). The second-order valence-corrected chi connectivity index (χ2v) is 5.58. The Bertz CT molecular complexity index is 151. The summed E-state index contributed by atoms with van der Waals surface area (Å²) < 4.78 is 0. The number of hydrogen-bond donors (Lipinski definition) is 0. The molecule has 0 nitrogen and oxygen atoms in total. The Labute approximate surface area is 82.7 Å². The van der Waals surface area contributed by atoms with E-state index >= 15 is 0 Å². The molecule has 0 aliphatic rings. The fourth-order valence-electron chi connectivity index (χ4n) is 1.55. The van der Waals surface area contributed by atoms with E-state index in [0.717, 1.165) is 5.92 Å². The van der Waals surface area contributed by atoms with E-state index in [1.165, 1.54) is 11.3 Å². The van der Waals surface area contributed by atoms with Gasteiger partial charge in [-0.1, -0.05) is 53.8 Å². The van der Waals surface area contributed by atoms with Crippen molar-refractivity contribution in [2.24, 2.45) is 17.3 Å². The van der Waals surface area contributed by atoms with Crippen molar-refractivity contribution in [3.05, 3.63) is 0 Å². The predicted octanol–water partition coefficient (Wildman–Crippen LogP) is 4.08. The van der Waals surface area contributed by atoms with Gasteiger partial charge in [-0.15, -0.1) is 0 Å². The fourth-order valence-corrected chi connectivity index (χ4v) is 1.65. The summed E-state index contributed by atoms with van der Waals surface area (Å²) in [6.45, 7) is 13.3. The Hall–Kier alpha value is 0.0900. The summed E-state index contributed by atoms with van der Waals surface area (Å²) >= 11 is 5.43. The molecule has 0 amide bonds. The second kappa shape index (κ2) is 4.36. The van der Waals surface area contributed by atoms with Crippen molar-refractivity contribution in [1.29, 1.82) is 0 Å². The van der Waals surface area contributed by atoms with E-state index in [1.807, 2.05) is 0 Å². The highest BCUT2D eigenvalue weighted by Crippen LogP contribution is 2.25. The number of rotatable bonds is 3. The minimum absolute atomic E-state index is 0.198. The minimum Gasteiger partial charge on any atom is -0.0888 e. The van der Waals surface area contributed by atoms with Gasteiger partial charge in [0.1, 0.15) is 0 Å². The second-order valence-electron chi connectivity index (χ2n) is 5.14. The lowest BCUT2D eigenvalue weighted by Gasteiger charge is -2.26. The van der Waals surface area contributed by atoms with Crippen LogP contribution in [0.3, 0.4) is 0 Å². The van der Waals surface area contributed by atoms with Crippen LogP contribution in [0.5, 0.6) is 0 Å². The Morgan fingerprint density at radius 2 is 1.58 bits per heavy atom. The monoisotopic (exact) mass is 186 g/mol. The summed E-state index contributed by atoms with van der Waals surface area (Å²) in [4.78, 5) is 1.22. The first-order valence-corrected chi connectivity index (χ1v) is 5.20. The van der Waals surface area contributed by atoms with Gasteiger partial charge in [0.05, 0.1) is 0 Å². The number of hydrogen-bond acceptors (Lipinski definition) is 1. The van der Waals surface area contributed by atoms with Crippen LogP contribution >= 0.6 is 12.2 Å². The minimum atomic E-state index is 0.198. The molecule has 0 aliphatic carbocycles. The van der Waals surface area contributed by atoms with Gasteiger partial charge in [-0.2, -0.15) is 0 Å². The Morgan fingerprint density at radius 3 is 1.83 bits per heavy atom. The summed E-state index contributed by atoms with van der Waals surface area (Å²) in [5, 5.41) is 0. The van der Waals surface area contributed by atoms with E-state index in [2.05, 4.69) is 41.5 Å². The van der Waals surface area contributed by atoms with Gasteiger partial charge < -0.3 is 0 Å². The lowest BCUT2D eigenvalue weighted by molar-refractivity contribution is 0.484. The normalized spacial score (nSPS) is 14.9. The fraction of sp³-hybridized carbons (Fsp3) is 0.909. The molecule has 0 saturated heterocycles. The van der Waals surface area contributed by atoms with E-state index in [1.54, 1.807) is 0 Å². The summed E-state index contributed by atoms with van der Waals surface area (Å²) in [5.74, 6) is 1.33. The molecule has 0 spiro atoms. The van der Waals surface area contributed by atoms with Gasteiger partial charge in [0, 0.05) is 4.86 Å². The van der Waals surface area contributed by atoms with Crippen molar-refractivity contribution < 1.29 is 0 Å². The van der Waals surface area contributed by atoms with Gasteiger partial charge in [0.15, 0.2) is 0 Å². The number of thiocarbonyl (C=S) groups is 1. The van der Waals surface area contributed by atoms with E-state index < -0.39 is 0 Å². The van der Waals surface area contributed by atoms with Crippen molar-refractivity contribution in [1.82, 2.24) is 0 Å². The third-order valence-corrected chi connectivity index (χ3v) is 3.03. The maximum Gasteiger partial charge on any atom is 0.00102 e. The summed E-state index contributed by atoms with van der Waals surface area (Å²) in [6.07, 6.45) is 1.22. The van der Waals surface area contributed by atoms with E-state index in [9.17, 15) is 0 Å². The summed E-state index contributed by atoms with van der Waals surface area (Å²) in [7, 11) is 0. The van der Waals surface area contributed by atoms with Crippen LogP contribution in [0.15, 0.2) is 0 Å². The van der Waals surface area contributed by atoms with Crippen LogP contribution in [0.2, 0.25) is 0 Å². The molecule has 12 heavy (non-hydrogen) atoms. The van der Waals surface area contributed by atoms with Gasteiger partial charge in [0.2, 0.25) is 0 Å². The predicted molar refractivity (Wildman–Crippen MR) is 60.7 cm³/mol. The maximum absolute atomic E-state index is 5.43. The molecule has 0 radical (unpaired) electrons. The highest BCUT2D eigenvalue weighted by atomic mass is 32.1. The van der Waals surface area contributed by atoms with Crippen LogP contribution in [-0.2, 0) is 0 Å². The van der Waals surface area contributed by atoms with E-state index in [0.29, 0.717) is 5.92 Å². The van der Waals surface area contributed by atoms with Crippen LogP contribution < -0.4 is 0 Å². The average molecular weight is 186 g/mol. The van der Waals surface area contributed by atoms with Crippen LogP contribution in [0, 0.1) is 17.3 Å². The quantitative estimate of drug-likeness (QED) is 0.598. The molecule has 0 aromatic rings. The van der Waals surface area contributed by atoms with Crippen LogP contribution in [0.25, 0.3) is 0 Å². The van der Waals surface area contributed by atoms with E-state index in [-0.39, 0.29) is 5.41 Å². The molecule has 0 aliphatic heterocycles. The molecule has 0 unspecified atom stereocenters. The zero-order valence-electron chi connectivity index (χ0n) is 9.27. The molecule has 72 valence electrons. The zero-order chi connectivity index (χ0) is 9.94. The van der Waals surface area contributed by atoms with Crippen molar-refractivity contribution in [3.63, 3.8) is 0 Å². The highest BCUT2D eigenvalue weighted by molar-refractivity contribution is 7.80. The Balaban J connectivity index is 4.12. The van der Waals surface area contributed by atoms with Crippen molar-refractivity contribution >= 4 is 17.1 Å². The lowest BCUT2D eigenvalue weighted by Crippen LogP contribution is -2.25. The van der Waals surface area contributed by atoms with Gasteiger partial charge >= 0.3 is 0 Å². The lowest BCUT2D eigenvalue weighted by atomic mass is 9.82. The average Bonchev–Trinajstić information content (AvgIpc) is 1.82. The van der Waals surface area contributed by atoms with Crippen LogP contribution in [0.4, 0.5) is 0 Å². The first-order chi connectivity index (χ1) is 5.25. The summed E-state index contributed by atoms with van der Waals surface area (Å²) in [6, 6.07) is 0. The van der Waals surface area contributed by atoms with Gasteiger partial charge in [-0.3, -0.25) is 0 Å². The SMILES string of the molecule is CC(C)C[C@@H](C)C(=S)C(C)(C)C. The van der Waals surface area contributed by atoms with Gasteiger partial charge in [-0.25, -0.2) is 0 Å². The third kappa shape index (κ3) is 4.20. The van der Waals surface area contributed by atoms with Crippen molar-refractivity contribution in [2.75, 3.05) is 0 Å². The molecular weight excluding hydrogens is 164 g/mol. The maximum atomic E-state index is 5.43. The largest absolute Gasteiger partial charge is 0.0888 e. The topological polar surface area (TPSA) is 0 Å². The molecule has 1 heteroatoms. The van der Waals surface area contributed by atoms with E-state index in [4.69, 9.17) is 12.2 Å². The molecule has 0 aromatic carbocycles. The molecule has 1 atom stereocenters. The van der Waals surface area contributed by atoms with Gasteiger partial charge in [0.25, 0.3) is 0 Å². The Kier molecular flexibility index (Phi) is 4.39. The zero-order valence-corrected chi connectivity index (χ0v) is 10.1. The van der Waals surface area contributed by atoms with Crippen LogP contribution in [0.1, 0.15) is 48.0 Å².